The van der Waals surface area contributed by atoms with Crippen molar-refractivity contribution >= 4 is 11.6 Å². The first-order valence-corrected chi connectivity index (χ1v) is 5.99. The largest absolute Gasteiger partial charge is 0.314 e. The van der Waals surface area contributed by atoms with Crippen LogP contribution in [0.15, 0.2) is 24.3 Å². The molecule has 1 aromatic rings. The van der Waals surface area contributed by atoms with E-state index in [1.165, 1.54) is 5.56 Å². The lowest BCUT2D eigenvalue weighted by Crippen LogP contribution is -2.35. The first-order valence-electron chi connectivity index (χ1n) is 5.62. The molecule has 1 N–H and O–H groups in total. The summed E-state index contributed by atoms with van der Waals surface area (Å²) in [6.07, 6.45) is 1.01. The van der Waals surface area contributed by atoms with E-state index in [9.17, 15) is 0 Å². The van der Waals surface area contributed by atoms with E-state index >= 15 is 0 Å². The molecule has 84 valence electrons. The van der Waals surface area contributed by atoms with Crippen LogP contribution in [0, 0.1) is 5.92 Å². The van der Waals surface area contributed by atoms with Gasteiger partial charge >= 0.3 is 0 Å². The molecular weight excluding hydrogens is 206 g/mol. The van der Waals surface area contributed by atoms with Gasteiger partial charge < -0.3 is 5.32 Å². The molecule has 2 heteroatoms. The van der Waals surface area contributed by atoms with Crippen molar-refractivity contribution < 1.29 is 0 Å². The minimum atomic E-state index is 0.509. The maximum Gasteiger partial charge on any atom is 0.0438 e. The maximum atomic E-state index is 6.15. The molecule has 0 aliphatic heterocycles. The highest BCUT2D eigenvalue weighted by atomic mass is 35.5. The Morgan fingerprint density at radius 1 is 1.27 bits per heavy atom. The fraction of sp³-hybridized carbons (Fsp3) is 0.538. The number of rotatable bonds is 5. The highest BCUT2D eigenvalue weighted by Crippen LogP contribution is 2.18. The van der Waals surface area contributed by atoms with E-state index in [-0.39, 0.29) is 0 Å². The van der Waals surface area contributed by atoms with E-state index < -0.39 is 0 Å². The van der Waals surface area contributed by atoms with Gasteiger partial charge in [-0.3, -0.25) is 0 Å². The van der Waals surface area contributed by atoms with Crippen LogP contribution in [-0.4, -0.2) is 12.6 Å². The zero-order valence-corrected chi connectivity index (χ0v) is 10.5. The molecule has 0 saturated carbocycles. The summed E-state index contributed by atoms with van der Waals surface area (Å²) in [5.74, 6) is 0.626. The lowest BCUT2D eigenvalue weighted by Gasteiger charge is -2.22. The third-order valence-electron chi connectivity index (χ3n) is 2.67. The van der Waals surface area contributed by atoms with Gasteiger partial charge in [0.1, 0.15) is 0 Å². The number of benzene rings is 1. The second-order valence-corrected chi connectivity index (χ2v) is 4.61. The standard InChI is InChI=1S/C13H20ClN/c1-4-15-13(10(2)3)9-11-7-5-6-8-12(11)14/h5-8,10,13,15H,4,9H2,1-3H3. The van der Waals surface area contributed by atoms with Gasteiger partial charge in [-0.1, -0.05) is 50.6 Å². The summed E-state index contributed by atoms with van der Waals surface area (Å²) in [5.41, 5.74) is 1.24. The van der Waals surface area contributed by atoms with Crippen LogP contribution in [0.5, 0.6) is 0 Å². The molecule has 0 saturated heterocycles. The van der Waals surface area contributed by atoms with E-state index in [4.69, 9.17) is 11.6 Å². The van der Waals surface area contributed by atoms with Crippen molar-refractivity contribution in [1.82, 2.24) is 5.32 Å². The fourth-order valence-corrected chi connectivity index (χ4v) is 1.92. The summed E-state index contributed by atoms with van der Waals surface area (Å²) in [6.45, 7) is 7.63. The summed E-state index contributed by atoms with van der Waals surface area (Å²) < 4.78 is 0. The molecule has 0 aliphatic carbocycles. The van der Waals surface area contributed by atoms with Gasteiger partial charge in [0.05, 0.1) is 0 Å². The summed E-state index contributed by atoms with van der Waals surface area (Å²) in [5, 5.41) is 4.38. The van der Waals surface area contributed by atoms with Crippen molar-refractivity contribution in [2.24, 2.45) is 5.92 Å². The van der Waals surface area contributed by atoms with Crippen LogP contribution in [0.3, 0.4) is 0 Å². The van der Waals surface area contributed by atoms with E-state index in [0.29, 0.717) is 12.0 Å². The molecule has 1 rings (SSSR count). The van der Waals surface area contributed by atoms with Gasteiger partial charge in [-0.25, -0.2) is 0 Å². The molecule has 0 bridgehead atoms. The van der Waals surface area contributed by atoms with Crippen LogP contribution in [0.2, 0.25) is 5.02 Å². The minimum Gasteiger partial charge on any atom is -0.314 e. The van der Waals surface area contributed by atoms with Gasteiger partial charge in [-0.2, -0.15) is 0 Å². The van der Waals surface area contributed by atoms with Crippen molar-refractivity contribution in [3.63, 3.8) is 0 Å². The van der Waals surface area contributed by atoms with Gasteiger partial charge in [0.2, 0.25) is 0 Å². The fourth-order valence-electron chi connectivity index (χ4n) is 1.71. The molecule has 1 nitrogen and oxygen atoms in total. The Morgan fingerprint density at radius 3 is 2.47 bits per heavy atom. The molecule has 1 atom stereocenters. The smallest absolute Gasteiger partial charge is 0.0438 e. The van der Waals surface area contributed by atoms with Crippen molar-refractivity contribution in [3.8, 4) is 0 Å². The molecule has 0 aromatic heterocycles. The first-order chi connectivity index (χ1) is 7.15. The van der Waals surface area contributed by atoms with Gasteiger partial charge in [0.15, 0.2) is 0 Å². The van der Waals surface area contributed by atoms with Gasteiger partial charge in [-0.05, 0) is 30.5 Å². The van der Waals surface area contributed by atoms with Crippen molar-refractivity contribution in [3.05, 3.63) is 34.9 Å². The predicted molar refractivity (Wildman–Crippen MR) is 67.5 cm³/mol. The van der Waals surface area contributed by atoms with Crippen molar-refractivity contribution in [1.29, 1.82) is 0 Å². The lowest BCUT2D eigenvalue weighted by molar-refractivity contribution is 0.405. The number of likely N-dealkylation sites (N-methyl/N-ethyl adjacent to an activating group) is 1. The summed E-state index contributed by atoms with van der Waals surface area (Å²) in [7, 11) is 0. The van der Waals surface area contributed by atoms with Crippen LogP contribution in [0.1, 0.15) is 26.3 Å². The number of nitrogens with one attached hydrogen (secondary N) is 1. The second-order valence-electron chi connectivity index (χ2n) is 4.20. The van der Waals surface area contributed by atoms with Crippen LogP contribution in [-0.2, 0) is 6.42 Å². The zero-order valence-electron chi connectivity index (χ0n) is 9.76. The Morgan fingerprint density at radius 2 is 1.93 bits per heavy atom. The van der Waals surface area contributed by atoms with Gasteiger partial charge in [0.25, 0.3) is 0 Å². The highest BCUT2D eigenvalue weighted by Gasteiger charge is 2.13. The molecule has 0 spiro atoms. The summed E-state index contributed by atoms with van der Waals surface area (Å²) in [4.78, 5) is 0. The zero-order chi connectivity index (χ0) is 11.3. The van der Waals surface area contributed by atoms with Crippen LogP contribution in [0.4, 0.5) is 0 Å². The molecule has 0 aliphatic rings. The second kappa shape index (κ2) is 6.14. The molecule has 0 radical (unpaired) electrons. The Bertz CT molecular complexity index is 296. The van der Waals surface area contributed by atoms with Crippen molar-refractivity contribution in [2.75, 3.05) is 6.54 Å². The molecule has 0 heterocycles. The van der Waals surface area contributed by atoms with Crippen LogP contribution >= 0.6 is 11.6 Å². The van der Waals surface area contributed by atoms with Crippen molar-refractivity contribution in [2.45, 2.75) is 33.2 Å². The molecule has 0 fully saturated rings. The number of hydrogen-bond acceptors (Lipinski definition) is 1. The number of halogens is 1. The Labute approximate surface area is 97.8 Å². The molecule has 15 heavy (non-hydrogen) atoms. The van der Waals surface area contributed by atoms with Crippen LogP contribution in [0.25, 0.3) is 0 Å². The number of hydrogen-bond donors (Lipinski definition) is 1. The normalized spacial score (nSPS) is 13.1. The SMILES string of the molecule is CCNC(Cc1ccccc1Cl)C(C)C. The summed E-state index contributed by atoms with van der Waals surface area (Å²) >= 11 is 6.15. The predicted octanol–water partition coefficient (Wildman–Crippen LogP) is 3.52. The Hall–Kier alpha value is -0.530. The molecular formula is C13H20ClN. The maximum absolute atomic E-state index is 6.15. The first kappa shape index (κ1) is 12.5. The van der Waals surface area contributed by atoms with E-state index in [1.54, 1.807) is 0 Å². The third kappa shape index (κ3) is 3.84. The minimum absolute atomic E-state index is 0.509. The quantitative estimate of drug-likeness (QED) is 0.809. The topological polar surface area (TPSA) is 12.0 Å². The van der Waals surface area contributed by atoms with E-state index in [1.807, 2.05) is 18.2 Å². The highest BCUT2D eigenvalue weighted by molar-refractivity contribution is 6.31. The Kier molecular flexibility index (Phi) is 5.13. The monoisotopic (exact) mass is 225 g/mol. The van der Waals surface area contributed by atoms with Gasteiger partial charge in [0, 0.05) is 11.1 Å². The third-order valence-corrected chi connectivity index (χ3v) is 3.04. The Balaban J connectivity index is 2.69. The van der Waals surface area contributed by atoms with Gasteiger partial charge in [-0.15, -0.1) is 0 Å². The average Bonchev–Trinajstić information content (AvgIpc) is 2.20. The average molecular weight is 226 g/mol. The van der Waals surface area contributed by atoms with Crippen LogP contribution < -0.4 is 5.32 Å². The van der Waals surface area contributed by atoms with E-state index in [2.05, 4.69) is 32.2 Å². The molecule has 1 unspecified atom stereocenters. The molecule has 1 aromatic carbocycles. The van der Waals surface area contributed by atoms with E-state index in [0.717, 1.165) is 18.0 Å². The molecule has 0 amide bonds. The lowest BCUT2D eigenvalue weighted by atomic mass is 9.96. The summed E-state index contributed by atoms with van der Waals surface area (Å²) in [6, 6.07) is 8.60.